The predicted molar refractivity (Wildman–Crippen MR) is 201 cm³/mol. The van der Waals surface area contributed by atoms with Gasteiger partial charge < -0.3 is 39.6 Å². The summed E-state index contributed by atoms with van der Waals surface area (Å²) in [6.07, 6.45) is 7.88. The van der Waals surface area contributed by atoms with Crippen molar-refractivity contribution in [3.63, 3.8) is 0 Å². The molecule has 1 heterocycles. The van der Waals surface area contributed by atoms with E-state index in [1.54, 1.807) is 6.92 Å². The van der Waals surface area contributed by atoms with Crippen LogP contribution < -0.4 is 33.0 Å². The van der Waals surface area contributed by atoms with E-state index in [1.807, 2.05) is 0 Å². The van der Waals surface area contributed by atoms with Gasteiger partial charge in [-0.15, -0.1) is 0 Å². The number of hydrogen-bond acceptors (Lipinski definition) is 13. The second-order valence-electron chi connectivity index (χ2n) is 12.1. The zero-order chi connectivity index (χ0) is 40.7. The van der Waals surface area contributed by atoms with Gasteiger partial charge in [0, 0.05) is 51.4 Å². The third-order valence-electron chi connectivity index (χ3n) is 7.85. The van der Waals surface area contributed by atoms with Crippen LogP contribution in [0, 0.1) is 0 Å². The van der Waals surface area contributed by atoms with Gasteiger partial charge in [0.05, 0.1) is 6.61 Å². The molecular weight excluding hydrogens is 724 g/mol. The molecule has 0 aliphatic carbocycles. The number of rotatable bonds is 30. The number of nitrogens with zero attached hydrogens (tertiary/aromatic N) is 3. The monoisotopic (exact) mass is 782 g/mol. The van der Waals surface area contributed by atoms with Crippen molar-refractivity contribution in [2.75, 3.05) is 52.7 Å². The average molecular weight is 783 g/mol. The van der Waals surface area contributed by atoms with E-state index in [0.717, 1.165) is 32.3 Å². The summed E-state index contributed by atoms with van der Waals surface area (Å²) in [6, 6.07) is 0. The minimum Gasteiger partial charge on any atom is -0.459 e. The molecule has 0 aliphatic rings. The molecule has 0 aliphatic heterocycles. The molecule has 0 bridgehead atoms. The van der Waals surface area contributed by atoms with Gasteiger partial charge >= 0.3 is 47.3 Å². The third kappa shape index (κ3) is 21.8. The lowest BCUT2D eigenvalue weighted by molar-refractivity contribution is -0.139. The molecule has 1 aromatic rings. The lowest BCUT2D eigenvalue weighted by atomic mass is 10.2. The van der Waals surface area contributed by atoms with Gasteiger partial charge in [0.2, 0.25) is 0 Å². The Hall–Kier alpha value is -5.36. The van der Waals surface area contributed by atoms with E-state index in [-0.39, 0.29) is 52.7 Å². The van der Waals surface area contributed by atoms with Crippen LogP contribution in [0.4, 0.5) is 14.4 Å². The van der Waals surface area contributed by atoms with Crippen LogP contribution in [0.1, 0.15) is 84.0 Å². The van der Waals surface area contributed by atoms with Crippen molar-refractivity contribution < 1.29 is 47.7 Å². The smallest absolute Gasteiger partial charge is 0.407 e. The molecule has 0 atom stereocenters. The van der Waals surface area contributed by atoms with Gasteiger partial charge in [-0.05, 0) is 45.4 Å². The lowest BCUT2D eigenvalue weighted by Gasteiger charge is -2.14. The Morgan fingerprint density at radius 2 is 0.764 bits per heavy atom. The first-order chi connectivity index (χ1) is 26.5. The minimum atomic E-state index is -0.664. The van der Waals surface area contributed by atoms with E-state index in [9.17, 15) is 38.4 Å². The molecule has 0 unspecified atom stereocenters. The molecule has 0 saturated carbocycles. The van der Waals surface area contributed by atoms with Crippen LogP contribution in [-0.4, -0.2) is 96.6 Å². The number of esters is 2. The first-order valence-corrected chi connectivity index (χ1v) is 18.8. The number of amides is 3. The van der Waals surface area contributed by atoms with Crippen LogP contribution >= 0.6 is 0 Å². The average Bonchev–Trinajstić information content (AvgIpc) is 3.17. The maximum absolute atomic E-state index is 13.4. The fraction of sp³-hybridized carbons (Fsp3) is 0.667. The maximum Gasteiger partial charge on any atom is 0.407 e. The topological polar surface area (TPSA) is 234 Å². The van der Waals surface area contributed by atoms with Crippen molar-refractivity contribution >= 4 is 30.2 Å². The van der Waals surface area contributed by atoms with Crippen LogP contribution in [0.2, 0.25) is 0 Å². The molecule has 3 amide bonds. The molecule has 19 heteroatoms. The summed E-state index contributed by atoms with van der Waals surface area (Å²) in [4.78, 5) is 97.1. The van der Waals surface area contributed by atoms with Crippen molar-refractivity contribution in [2.24, 2.45) is 0 Å². The molecule has 19 nitrogen and oxygen atoms in total. The Bertz CT molecular complexity index is 1440. The van der Waals surface area contributed by atoms with E-state index in [1.165, 1.54) is 0 Å². The standard InChI is InChI=1S/C36H58N6O13/c1-4-29(43)52-25-27-54-32(46)38-20-14-8-11-17-23-41-34(48)40(22-16-10-7-13-19-37-31(45)51-6-3)35(49)42(36(41)50)24-18-12-9-15-21-39-33(47)55-28-26-53-30(44)5-2/h4-5H,1-2,6-28H2,3H3,(H,37,45)(H,38,46)(H,39,47). The van der Waals surface area contributed by atoms with E-state index in [2.05, 4.69) is 29.1 Å². The van der Waals surface area contributed by atoms with Gasteiger partial charge in [0.15, 0.2) is 0 Å². The largest absolute Gasteiger partial charge is 0.459 e. The highest BCUT2D eigenvalue weighted by Crippen LogP contribution is 2.03. The second-order valence-corrected chi connectivity index (χ2v) is 12.1. The Morgan fingerprint density at radius 1 is 0.473 bits per heavy atom. The number of alkyl carbamates (subject to hydrolysis) is 3. The number of carbonyl (C=O) groups is 5. The molecule has 0 saturated heterocycles. The number of ether oxygens (including phenoxy) is 5. The summed E-state index contributed by atoms with van der Waals surface area (Å²) in [5.41, 5.74) is -1.98. The molecule has 1 aromatic heterocycles. The van der Waals surface area contributed by atoms with E-state index in [0.29, 0.717) is 90.3 Å². The second kappa shape index (κ2) is 30.0. The number of unbranched alkanes of at least 4 members (excludes halogenated alkanes) is 9. The lowest BCUT2D eigenvalue weighted by Crippen LogP contribution is -2.54. The first kappa shape index (κ1) is 47.7. The summed E-state index contributed by atoms with van der Waals surface area (Å²) in [7, 11) is 0. The molecule has 0 spiro atoms. The van der Waals surface area contributed by atoms with Crippen molar-refractivity contribution in [3.8, 4) is 0 Å². The van der Waals surface area contributed by atoms with Crippen LogP contribution in [0.3, 0.4) is 0 Å². The summed E-state index contributed by atoms with van der Waals surface area (Å²) < 4.78 is 27.4. The van der Waals surface area contributed by atoms with Crippen LogP contribution in [0.5, 0.6) is 0 Å². The molecule has 0 fully saturated rings. The number of nitrogens with one attached hydrogen (secondary N) is 3. The van der Waals surface area contributed by atoms with E-state index >= 15 is 0 Å². The number of carbonyl (C=O) groups excluding carboxylic acids is 5. The first-order valence-electron chi connectivity index (χ1n) is 18.8. The maximum atomic E-state index is 13.4. The van der Waals surface area contributed by atoms with Gasteiger partial charge in [-0.3, -0.25) is 0 Å². The van der Waals surface area contributed by atoms with Gasteiger partial charge in [-0.1, -0.05) is 51.7 Å². The van der Waals surface area contributed by atoms with Crippen molar-refractivity contribution in [2.45, 2.75) is 104 Å². The highest BCUT2D eigenvalue weighted by Gasteiger charge is 2.15. The highest BCUT2D eigenvalue weighted by atomic mass is 16.6. The SMILES string of the molecule is C=CC(=O)OCCOC(=O)NCCCCCCn1c(=O)n(CCCCCCNC(=O)OCC)c(=O)n(CCCCCCNC(=O)OCCOC(=O)C=C)c1=O. The Balaban J connectivity index is 2.67. The van der Waals surface area contributed by atoms with Gasteiger partial charge in [-0.25, -0.2) is 52.1 Å². The quantitative estimate of drug-likeness (QED) is 0.0441. The van der Waals surface area contributed by atoms with Crippen molar-refractivity contribution in [1.82, 2.24) is 29.7 Å². The summed E-state index contributed by atoms with van der Waals surface area (Å²) in [6.45, 7) is 9.71. The van der Waals surface area contributed by atoms with Crippen molar-refractivity contribution in [1.29, 1.82) is 0 Å². The van der Waals surface area contributed by atoms with Gasteiger partial charge in [0.1, 0.15) is 26.4 Å². The summed E-state index contributed by atoms with van der Waals surface area (Å²) >= 11 is 0. The zero-order valence-electron chi connectivity index (χ0n) is 32.0. The molecular formula is C36H58N6O13. The Morgan fingerprint density at radius 3 is 1.07 bits per heavy atom. The predicted octanol–water partition coefficient (Wildman–Crippen LogP) is 2.51. The number of aromatic nitrogens is 3. The number of hydrogen-bond donors (Lipinski definition) is 3. The fourth-order valence-corrected chi connectivity index (χ4v) is 5.03. The van der Waals surface area contributed by atoms with E-state index < -0.39 is 47.3 Å². The summed E-state index contributed by atoms with van der Waals surface area (Å²) in [5, 5.41) is 7.85. The third-order valence-corrected chi connectivity index (χ3v) is 7.85. The normalized spacial score (nSPS) is 10.5. The zero-order valence-corrected chi connectivity index (χ0v) is 32.0. The van der Waals surface area contributed by atoms with Crippen LogP contribution in [0.25, 0.3) is 0 Å². The highest BCUT2D eigenvalue weighted by molar-refractivity contribution is 5.81. The Labute approximate surface area is 320 Å². The molecule has 3 N–H and O–H groups in total. The molecule has 0 aromatic carbocycles. The van der Waals surface area contributed by atoms with Crippen molar-refractivity contribution in [3.05, 3.63) is 56.8 Å². The van der Waals surface area contributed by atoms with Crippen LogP contribution in [0.15, 0.2) is 39.7 Å². The fourth-order valence-electron chi connectivity index (χ4n) is 5.03. The van der Waals surface area contributed by atoms with Crippen LogP contribution in [-0.2, 0) is 52.9 Å². The van der Waals surface area contributed by atoms with Gasteiger partial charge in [-0.2, -0.15) is 0 Å². The molecule has 1 rings (SSSR count). The molecule has 310 valence electrons. The molecule has 0 radical (unpaired) electrons. The Kier molecular flexibility index (Phi) is 26.0. The van der Waals surface area contributed by atoms with E-state index in [4.69, 9.17) is 23.7 Å². The molecule has 55 heavy (non-hydrogen) atoms. The minimum absolute atomic E-state index is 0.0821. The van der Waals surface area contributed by atoms with Gasteiger partial charge in [0.25, 0.3) is 0 Å². The summed E-state index contributed by atoms with van der Waals surface area (Å²) in [5.74, 6) is -1.22.